The number of fused-ring (bicyclic) bond motifs is 1. The molecule has 7 heteroatoms. The lowest BCUT2D eigenvalue weighted by Gasteiger charge is -2.09. The number of aromatic nitrogens is 2. The monoisotopic (exact) mass is 365 g/mol. The zero-order valence-corrected chi connectivity index (χ0v) is 15.7. The van der Waals surface area contributed by atoms with Gasteiger partial charge in [-0.1, -0.05) is 24.3 Å². The fraction of sp³-hybridized carbons (Fsp3) is 0.250. The van der Waals surface area contributed by atoms with E-state index in [9.17, 15) is 9.59 Å². The van der Waals surface area contributed by atoms with Crippen LogP contribution in [0.25, 0.3) is 5.52 Å². The number of nitrogens with zero attached hydrogens (tertiary/aromatic N) is 3. The molecule has 3 rings (SSSR count). The number of carbonyl (C=O) groups is 2. The number of benzene rings is 1. The number of carbonyl (C=O) groups excluding carboxylic acids is 2. The van der Waals surface area contributed by atoms with E-state index >= 15 is 0 Å². The summed E-state index contributed by atoms with van der Waals surface area (Å²) in [5.41, 5.74) is 2.50. The molecule has 0 saturated carbocycles. The van der Waals surface area contributed by atoms with Crippen LogP contribution in [0.2, 0.25) is 0 Å². The number of pyridine rings is 1. The number of anilines is 1. The van der Waals surface area contributed by atoms with Crippen LogP contribution in [0.1, 0.15) is 26.7 Å². The topological polar surface area (TPSA) is 78.7 Å². The van der Waals surface area contributed by atoms with Gasteiger partial charge in [0.25, 0.3) is 11.8 Å². The van der Waals surface area contributed by atoms with Crippen molar-refractivity contribution in [2.45, 2.75) is 6.92 Å². The second-order valence-electron chi connectivity index (χ2n) is 6.57. The Bertz CT molecular complexity index is 977. The van der Waals surface area contributed by atoms with Gasteiger partial charge in [-0.3, -0.25) is 14.0 Å². The zero-order chi connectivity index (χ0) is 19.4. The van der Waals surface area contributed by atoms with Crippen LogP contribution in [0.15, 0.2) is 48.7 Å². The smallest absolute Gasteiger partial charge is 0.292 e. The van der Waals surface area contributed by atoms with E-state index in [1.165, 1.54) is 0 Å². The van der Waals surface area contributed by atoms with Crippen molar-refractivity contribution in [2.24, 2.45) is 0 Å². The minimum absolute atomic E-state index is 0.173. The molecule has 2 heterocycles. The second-order valence-corrected chi connectivity index (χ2v) is 6.57. The number of likely N-dealkylation sites (N-methyl/N-ethyl adjacent to an activating group) is 1. The third-order valence-corrected chi connectivity index (χ3v) is 4.20. The fourth-order valence-electron chi connectivity index (χ4n) is 2.73. The van der Waals surface area contributed by atoms with Gasteiger partial charge < -0.3 is 15.5 Å². The summed E-state index contributed by atoms with van der Waals surface area (Å²) in [6.45, 7) is 3.14. The molecule has 7 nitrogen and oxygen atoms in total. The lowest BCUT2D eigenvalue weighted by atomic mass is 10.2. The van der Waals surface area contributed by atoms with E-state index in [0.717, 1.165) is 12.1 Å². The van der Waals surface area contributed by atoms with E-state index in [-0.39, 0.29) is 23.3 Å². The Morgan fingerprint density at radius 1 is 1.07 bits per heavy atom. The summed E-state index contributed by atoms with van der Waals surface area (Å²) in [7, 11) is 3.87. The predicted molar refractivity (Wildman–Crippen MR) is 105 cm³/mol. The van der Waals surface area contributed by atoms with E-state index in [0.29, 0.717) is 17.7 Å². The molecule has 0 radical (unpaired) electrons. The fourth-order valence-corrected chi connectivity index (χ4v) is 2.73. The van der Waals surface area contributed by atoms with Crippen molar-refractivity contribution in [1.29, 1.82) is 0 Å². The maximum Gasteiger partial charge on any atom is 0.292 e. The standard InChI is InChI=1S/C20H23N5O2/c1-14-8-4-5-9-15(14)22-20(27)18-23-17(16-10-6-7-12-25(16)18)19(26)21-11-13-24(2)3/h4-10,12H,11,13H2,1-3H3,(H,21,26)(H,22,27). The number of hydrogen-bond acceptors (Lipinski definition) is 4. The average molecular weight is 365 g/mol. The van der Waals surface area contributed by atoms with Gasteiger partial charge in [0, 0.05) is 25.0 Å². The Hall–Kier alpha value is -3.19. The maximum atomic E-state index is 12.8. The van der Waals surface area contributed by atoms with Crippen LogP contribution in [0.4, 0.5) is 5.69 Å². The van der Waals surface area contributed by atoms with Crippen LogP contribution >= 0.6 is 0 Å². The molecule has 3 aromatic rings. The highest BCUT2D eigenvalue weighted by Crippen LogP contribution is 2.17. The molecule has 0 atom stereocenters. The van der Waals surface area contributed by atoms with Gasteiger partial charge in [0.15, 0.2) is 5.69 Å². The average Bonchev–Trinajstić information content (AvgIpc) is 3.03. The van der Waals surface area contributed by atoms with E-state index < -0.39 is 0 Å². The molecule has 27 heavy (non-hydrogen) atoms. The lowest BCUT2D eigenvalue weighted by molar-refractivity contribution is 0.0948. The molecule has 0 aliphatic carbocycles. The lowest BCUT2D eigenvalue weighted by Crippen LogP contribution is -2.31. The quantitative estimate of drug-likeness (QED) is 0.702. The largest absolute Gasteiger partial charge is 0.349 e. The number of nitrogens with one attached hydrogen (secondary N) is 2. The molecule has 0 aliphatic heterocycles. The number of amides is 2. The first-order valence-corrected chi connectivity index (χ1v) is 8.74. The number of aryl methyl sites for hydroxylation is 1. The Kier molecular flexibility index (Phi) is 5.52. The summed E-state index contributed by atoms with van der Waals surface area (Å²) in [5.74, 6) is -0.486. The van der Waals surface area contributed by atoms with E-state index in [1.807, 2.05) is 56.3 Å². The summed E-state index contributed by atoms with van der Waals surface area (Å²) < 4.78 is 1.63. The molecule has 0 unspecified atom stereocenters. The Balaban J connectivity index is 1.89. The number of imidazole rings is 1. The van der Waals surface area contributed by atoms with Crippen molar-refractivity contribution in [3.63, 3.8) is 0 Å². The SMILES string of the molecule is Cc1ccccc1NC(=O)c1nc(C(=O)NCCN(C)C)c2ccccn12. The summed E-state index contributed by atoms with van der Waals surface area (Å²) in [6.07, 6.45) is 1.73. The highest BCUT2D eigenvalue weighted by atomic mass is 16.2. The first kappa shape index (κ1) is 18.6. The van der Waals surface area contributed by atoms with Gasteiger partial charge in [-0.05, 0) is 44.8 Å². The summed E-state index contributed by atoms with van der Waals surface area (Å²) in [5, 5.41) is 5.71. The highest BCUT2D eigenvalue weighted by Gasteiger charge is 2.21. The van der Waals surface area contributed by atoms with Crippen LogP contribution in [0.5, 0.6) is 0 Å². The molecule has 2 N–H and O–H groups in total. The first-order chi connectivity index (χ1) is 13.0. The van der Waals surface area contributed by atoms with Gasteiger partial charge in [-0.15, -0.1) is 0 Å². The summed E-state index contributed by atoms with van der Waals surface area (Å²) in [4.78, 5) is 31.7. The molecule has 0 spiro atoms. The number of rotatable bonds is 6. The third kappa shape index (κ3) is 4.15. The normalized spacial score (nSPS) is 11.0. The molecular weight excluding hydrogens is 342 g/mol. The van der Waals surface area contributed by atoms with Gasteiger partial charge in [0.05, 0.1) is 5.52 Å². The summed E-state index contributed by atoms with van der Waals surface area (Å²) >= 11 is 0. The van der Waals surface area contributed by atoms with Gasteiger partial charge in [0.2, 0.25) is 5.82 Å². The van der Waals surface area contributed by atoms with Gasteiger partial charge in [-0.25, -0.2) is 4.98 Å². The maximum absolute atomic E-state index is 12.8. The molecule has 2 amide bonds. The Morgan fingerprint density at radius 3 is 2.56 bits per heavy atom. The molecule has 0 saturated heterocycles. The van der Waals surface area contributed by atoms with Crippen LogP contribution in [0, 0.1) is 6.92 Å². The van der Waals surface area contributed by atoms with Crippen molar-refractivity contribution in [3.05, 3.63) is 65.7 Å². The van der Waals surface area contributed by atoms with E-state index in [4.69, 9.17) is 0 Å². The molecule has 0 aliphatic rings. The molecule has 0 bridgehead atoms. The number of para-hydroxylation sites is 1. The predicted octanol–water partition coefficient (Wildman–Crippen LogP) is 2.19. The zero-order valence-electron chi connectivity index (χ0n) is 15.7. The van der Waals surface area contributed by atoms with Crippen molar-refractivity contribution in [1.82, 2.24) is 19.6 Å². The summed E-state index contributed by atoms with van der Waals surface area (Å²) in [6, 6.07) is 12.9. The number of hydrogen-bond donors (Lipinski definition) is 2. The van der Waals surface area contributed by atoms with Gasteiger partial charge in [-0.2, -0.15) is 0 Å². The van der Waals surface area contributed by atoms with Crippen molar-refractivity contribution in [2.75, 3.05) is 32.5 Å². The van der Waals surface area contributed by atoms with Crippen molar-refractivity contribution < 1.29 is 9.59 Å². The van der Waals surface area contributed by atoms with E-state index in [2.05, 4.69) is 15.6 Å². The van der Waals surface area contributed by atoms with Crippen molar-refractivity contribution in [3.8, 4) is 0 Å². The molecule has 0 fully saturated rings. The second kappa shape index (κ2) is 8.01. The molecule has 2 aromatic heterocycles. The minimum atomic E-state index is -0.363. The Morgan fingerprint density at radius 2 is 1.81 bits per heavy atom. The van der Waals surface area contributed by atoms with Crippen LogP contribution in [0.3, 0.4) is 0 Å². The molecular formula is C20H23N5O2. The van der Waals surface area contributed by atoms with E-state index in [1.54, 1.807) is 22.7 Å². The van der Waals surface area contributed by atoms with Crippen LogP contribution < -0.4 is 10.6 Å². The molecule has 1 aromatic carbocycles. The Labute approximate surface area is 158 Å². The highest BCUT2D eigenvalue weighted by molar-refractivity contribution is 6.06. The first-order valence-electron chi connectivity index (χ1n) is 8.74. The molecule has 140 valence electrons. The van der Waals surface area contributed by atoms with Gasteiger partial charge in [0.1, 0.15) is 0 Å². The van der Waals surface area contributed by atoms with Gasteiger partial charge >= 0.3 is 0 Å². The van der Waals surface area contributed by atoms with Crippen LogP contribution in [-0.4, -0.2) is 53.3 Å². The third-order valence-electron chi connectivity index (χ3n) is 4.20. The minimum Gasteiger partial charge on any atom is -0.349 e. The van der Waals surface area contributed by atoms with Crippen LogP contribution in [-0.2, 0) is 0 Å². The van der Waals surface area contributed by atoms with Crippen molar-refractivity contribution >= 4 is 23.0 Å².